The van der Waals surface area contributed by atoms with E-state index >= 15 is 0 Å². The average molecular weight is 140 g/mol. The normalized spacial score (nSPS) is 6.80. The zero-order chi connectivity index (χ0) is 8.24. The molecule has 0 heterocycles. The monoisotopic (exact) mass is 140 g/mol. The summed E-state index contributed by atoms with van der Waals surface area (Å²) >= 11 is 0. The van der Waals surface area contributed by atoms with E-state index in [4.69, 9.17) is 5.11 Å². The number of hydrogen-bond acceptors (Lipinski definition) is 0. The maximum absolute atomic E-state index is 8.25. The zero-order valence-corrected chi connectivity index (χ0v) is 7.11. The van der Waals surface area contributed by atoms with Crippen molar-refractivity contribution < 1.29 is 5.11 Å². The first-order valence-corrected chi connectivity index (χ1v) is 3.56. The molecule has 0 fully saturated rings. The third-order valence-corrected chi connectivity index (χ3v) is 0.860. The lowest BCUT2D eigenvalue weighted by atomic mass is 10.2. The Morgan fingerprint density at radius 2 is 1.90 bits per heavy atom. The Morgan fingerprint density at radius 3 is 2.30 bits per heavy atom. The standard InChI is InChI=1S/C8H13.CH3O/c1-3-5-7-8-6-4-2;1-2/h3H,4-5,7H2,1-2H3;1H3. The van der Waals surface area contributed by atoms with E-state index in [1.54, 1.807) is 0 Å². The Bertz CT molecular complexity index is 86.6. The molecule has 0 saturated carbocycles. The molecule has 0 bridgehead atoms. The maximum Gasteiger partial charge on any atom is 0.0712 e. The van der Waals surface area contributed by atoms with Crippen LogP contribution in [0.15, 0.2) is 0 Å². The summed E-state index contributed by atoms with van der Waals surface area (Å²) in [5.41, 5.74) is 0. The molecule has 0 aliphatic carbocycles. The molecule has 10 heavy (non-hydrogen) atoms. The van der Waals surface area contributed by atoms with Crippen molar-refractivity contribution in [1.29, 1.82) is 0 Å². The quantitative estimate of drug-likeness (QED) is 0.415. The summed E-state index contributed by atoms with van der Waals surface area (Å²) in [7, 11) is 0.750. The van der Waals surface area contributed by atoms with Crippen LogP contribution in [0.5, 0.6) is 0 Å². The van der Waals surface area contributed by atoms with Gasteiger partial charge in [0.1, 0.15) is 0 Å². The molecule has 0 aromatic heterocycles. The average Bonchev–Trinajstić information content (AvgIpc) is 2.02. The van der Waals surface area contributed by atoms with Gasteiger partial charge in [-0.25, -0.2) is 5.11 Å². The largest absolute Gasteiger partial charge is 0.240 e. The van der Waals surface area contributed by atoms with Crippen LogP contribution in [0, 0.1) is 18.3 Å². The molecule has 0 aromatic carbocycles. The summed E-state index contributed by atoms with van der Waals surface area (Å²) in [6.45, 7) is 4.14. The smallest absolute Gasteiger partial charge is 0.0712 e. The second kappa shape index (κ2) is 15.8. The predicted molar refractivity (Wildman–Crippen MR) is 43.9 cm³/mol. The van der Waals surface area contributed by atoms with Gasteiger partial charge in [-0.1, -0.05) is 13.8 Å². The predicted octanol–water partition coefficient (Wildman–Crippen LogP) is 2.45. The van der Waals surface area contributed by atoms with Crippen LogP contribution in [0.3, 0.4) is 0 Å². The Balaban J connectivity index is 0. The van der Waals surface area contributed by atoms with Crippen LogP contribution < -0.4 is 0 Å². The Hall–Kier alpha value is -0.480. The Morgan fingerprint density at radius 1 is 1.30 bits per heavy atom. The first-order valence-electron chi connectivity index (χ1n) is 3.56. The van der Waals surface area contributed by atoms with Crippen LogP contribution >= 0.6 is 0 Å². The highest BCUT2D eigenvalue weighted by Gasteiger charge is 1.74. The summed E-state index contributed by atoms with van der Waals surface area (Å²) in [6, 6.07) is 0. The third kappa shape index (κ3) is 15.6. The molecular weight excluding hydrogens is 124 g/mol. The molecule has 0 aromatic rings. The minimum atomic E-state index is 0.750. The fourth-order valence-electron chi connectivity index (χ4n) is 0.430. The van der Waals surface area contributed by atoms with Gasteiger partial charge in [0.2, 0.25) is 0 Å². The second-order valence-electron chi connectivity index (χ2n) is 1.65. The highest BCUT2D eigenvalue weighted by molar-refractivity contribution is 4.98. The maximum atomic E-state index is 8.25. The molecule has 0 unspecified atom stereocenters. The molecule has 1 heteroatoms. The van der Waals surface area contributed by atoms with Crippen LogP contribution in [-0.2, 0) is 5.11 Å². The first-order chi connectivity index (χ1) is 4.91. The van der Waals surface area contributed by atoms with E-state index in [0.29, 0.717) is 0 Å². The van der Waals surface area contributed by atoms with Crippen molar-refractivity contribution in [2.75, 3.05) is 7.11 Å². The first kappa shape index (κ1) is 12.2. The van der Waals surface area contributed by atoms with Crippen molar-refractivity contribution in [3.63, 3.8) is 0 Å². The molecule has 0 spiro atoms. The summed E-state index contributed by atoms with van der Waals surface area (Å²) < 4.78 is 0. The Kier molecular flexibility index (Phi) is 19.3. The number of unbranched alkanes of at least 4 members (excludes halogenated alkanes) is 2. The van der Waals surface area contributed by atoms with Gasteiger partial charge in [0.25, 0.3) is 0 Å². The topological polar surface area (TPSA) is 19.9 Å². The van der Waals surface area contributed by atoms with Gasteiger partial charge < -0.3 is 0 Å². The van der Waals surface area contributed by atoms with Crippen molar-refractivity contribution in [2.45, 2.75) is 33.1 Å². The molecule has 1 nitrogen and oxygen atoms in total. The van der Waals surface area contributed by atoms with Gasteiger partial charge in [-0.2, -0.15) is 0 Å². The molecular formula is C9H16O. The van der Waals surface area contributed by atoms with E-state index in [0.717, 1.165) is 26.4 Å². The minimum absolute atomic E-state index is 0.750. The SMILES string of the molecule is C[CH]CCC#CCC.C[O]. The van der Waals surface area contributed by atoms with Gasteiger partial charge in [0.05, 0.1) is 7.11 Å². The van der Waals surface area contributed by atoms with Crippen LogP contribution in [0.25, 0.3) is 0 Å². The van der Waals surface area contributed by atoms with Crippen LogP contribution in [0.2, 0.25) is 0 Å². The molecule has 0 rings (SSSR count). The van der Waals surface area contributed by atoms with Gasteiger partial charge in [-0.3, -0.25) is 0 Å². The van der Waals surface area contributed by atoms with Crippen molar-refractivity contribution in [3.8, 4) is 11.8 Å². The van der Waals surface area contributed by atoms with E-state index in [1.165, 1.54) is 0 Å². The van der Waals surface area contributed by atoms with Crippen molar-refractivity contribution in [3.05, 3.63) is 6.42 Å². The number of hydrogen-bond donors (Lipinski definition) is 0. The lowest BCUT2D eigenvalue weighted by Crippen LogP contribution is -1.66. The van der Waals surface area contributed by atoms with Gasteiger partial charge in [0, 0.05) is 12.8 Å². The molecule has 0 aliphatic heterocycles. The van der Waals surface area contributed by atoms with Gasteiger partial charge in [-0.05, 0) is 12.8 Å². The summed E-state index contributed by atoms with van der Waals surface area (Å²) in [6.07, 6.45) is 5.30. The molecule has 0 N–H and O–H groups in total. The highest BCUT2D eigenvalue weighted by atomic mass is 16.2. The lowest BCUT2D eigenvalue weighted by molar-refractivity contribution is 0.282. The van der Waals surface area contributed by atoms with Gasteiger partial charge >= 0.3 is 0 Å². The van der Waals surface area contributed by atoms with E-state index in [1.807, 2.05) is 0 Å². The van der Waals surface area contributed by atoms with Crippen LogP contribution in [-0.4, -0.2) is 7.11 Å². The molecule has 0 aliphatic rings. The third-order valence-electron chi connectivity index (χ3n) is 0.860. The van der Waals surface area contributed by atoms with E-state index in [-0.39, 0.29) is 0 Å². The summed E-state index contributed by atoms with van der Waals surface area (Å²) in [4.78, 5) is 0. The number of rotatable bonds is 2. The lowest BCUT2D eigenvalue weighted by Gasteiger charge is -1.81. The molecule has 2 radical (unpaired) electrons. The van der Waals surface area contributed by atoms with E-state index in [2.05, 4.69) is 32.1 Å². The minimum Gasteiger partial charge on any atom is -0.240 e. The van der Waals surface area contributed by atoms with Gasteiger partial charge in [-0.15, -0.1) is 11.8 Å². The van der Waals surface area contributed by atoms with Crippen LogP contribution in [0.1, 0.15) is 33.1 Å². The van der Waals surface area contributed by atoms with Gasteiger partial charge in [0.15, 0.2) is 0 Å². The summed E-state index contributed by atoms with van der Waals surface area (Å²) in [5.74, 6) is 6.07. The fraction of sp³-hybridized carbons (Fsp3) is 0.667. The van der Waals surface area contributed by atoms with Crippen LogP contribution in [0.4, 0.5) is 0 Å². The molecule has 0 saturated heterocycles. The molecule has 0 amide bonds. The van der Waals surface area contributed by atoms with E-state index in [9.17, 15) is 0 Å². The zero-order valence-electron chi connectivity index (χ0n) is 7.11. The summed E-state index contributed by atoms with van der Waals surface area (Å²) in [5, 5.41) is 8.25. The van der Waals surface area contributed by atoms with Crippen molar-refractivity contribution >= 4 is 0 Å². The highest BCUT2D eigenvalue weighted by Crippen LogP contribution is 1.88. The van der Waals surface area contributed by atoms with E-state index < -0.39 is 0 Å². The second-order valence-corrected chi connectivity index (χ2v) is 1.65. The van der Waals surface area contributed by atoms with Crippen molar-refractivity contribution in [1.82, 2.24) is 0 Å². The fourth-order valence-corrected chi connectivity index (χ4v) is 0.430. The van der Waals surface area contributed by atoms with Crippen molar-refractivity contribution in [2.24, 2.45) is 0 Å². The molecule has 0 atom stereocenters. The Labute approximate surface area is 64.5 Å². The molecule has 58 valence electrons.